The van der Waals surface area contributed by atoms with E-state index in [0.717, 1.165) is 15.6 Å². The van der Waals surface area contributed by atoms with E-state index in [1.54, 1.807) is 31.2 Å². The van der Waals surface area contributed by atoms with Gasteiger partial charge in [0, 0.05) is 18.1 Å². The Labute approximate surface area is 183 Å². The van der Waals surface area contributed by atoms with Crippen LogP contribution in [0.4, 0.5) is 0 Å². The second kappa shape index (κ2) is 10.1. The largest absolute Gasteiger partial charge is 0.484 e. The fourth-order valence-electron chi connectivity index (χ4n) is 2.56. The zero-order valence-corrected chi connectivity index (χ0v) is 18.9. The molecule has 2 aromatic carbocycles. The highest BCUT2D eigenvalue weighted by Gasteiger charge is 2.26. The molecule has 2 aromatic rings. The van der Waals surface area contributed by atoms with Crippen molar-refractivity contribution in [2.75, 3.05) is 13.7 Å². The normalized spacial score (nSPS) is 11.6. The summed E-state index contributed by atoms with van der Waals surface area (Å²) in [6.07, 6.45) is 0. The SMILES string of the molecule is CNC(=O)C(C)N(Cc1ccc(Cl)c(Cl)c1)C(=O)COc1ccc(Br)c(C)c1. The minimum Gasteiger partial charge on any atom is -0.484 e. The van der Waals surface area contributed by atoms with Crippen LogP contribution < -0.4 is 10.1 Å². The molecule has 1 unspecified atom stereocenters. The molecule has 0 radical (unpaired) electrons. The van der Waals surface area contributed by atoms with Gasteiger partial charge in [0.2, 0.25) is 5.91 Å². The van der Waals surface area contributed by atoms with Crippen LogP contribution in [0.5, 0.6) is 5.75 Å². The van der Waals surface area contributed by atoms with Crippen molar-refractivity contribution in [2.45, 2.75) is 26.4 Å². The number of amides is 2. The first kappa shape index (κ1) is 22.5. The van der Waals surface area contributed by atoms with E-state index in [-0.39, 0.29) is 25.0 Å². The summed E-state index contributed by atoms with van der Waals surface area (Å²) in [5.41, 5.74) is 1.76. The lowest BCUT2D eigenvalue weighted by atomic mass is 10.1. The molecule has 28 heavy (non-hydrogen) atoms. The molecule has 5 nitrogen and oxygen atoms in total. The van der Waals surface area contributed by atoms with Gasteiger partial charge in [0.15, 0.2) is 6.61 Å². The average Bonchev–Trinajstić information content (AvgIpc) is 2.68. The summed E-state index contributed by atoms with van der Waals surface area (Å²) < 4.78 is 6.60. The number of benzene rings is 2. The number of rotatable bonds is 7. The zero-order valence-electron chi connectivity index (χ0n) is 15.8. The van der Waals surface area contributed by atoms with E-state index >= 15 is 0 Å². The molecule has 0 heterocycles. The van der Waals surface area contributed by atoms with Crippen LogP contribution in [0.15, 0.2) is 40.9 Å². The van der Waals surface area contributed by atoms with Crippen LogP contribution in [0.25, 0.3) is 0 Å². The van der Waals surface area contributed by atoms with Crippen molar-refractivity contribution in [1.82, 2.24) is 10.2 Å². The van der Waals surface area contributed by atoms with Gasteiger partial charge in [0.25, 0.3) is 5.91 Å². The summed E-state index contributed by atoms with van der Waals surface area (Å²) in [6, 6.07) is 9.90. The Kier molecular flexibility index (Phi) is 8.16. The molecule has 0 saturated heterocycles. The Morgan fingerprint density at radius 1 is 1.18 bits per heavy atom. The fraction of sp³-hybridized carbons (Fsp3) is 0.300. The van der Waals surface area contributed by atoms with Crippen molar-refractivity contribution in [1.29, 1.82) is 0 Å². The van der Waals surface area contributed by atoms with Crippen LogP contribution in [-0.2, 0) is 16.1 Å². The summed E-state index contributed by atoms with van der Waals surface area (Å²) in [5, 5.41) is 3.38. The number of likely N-dealkylation sites (N-methyl/N-ethyl adjacent to an activating group) is 1. The lowest BCUT2D eigenvalue weighted by Crippen LogP contribution is -2.48. The molecule has 0 saturated carbocycles. The molecular weight excluding hydrogens is 467 g/mol. The monoisotopic (exact) mass is 486 g/mol. The number of nitrogens with one attached hydrogen (secondary N) is 1. The van der Waals surface area contributed by atoms with Gasteiger partial charge in [-0.1, -0.05) is 45.2 Å². The first-order chi connectivity index (χ1) is 13.2. The summed E-state index contributed by atoms with van der Waals surface area (Å²) in [7, 11) is 1.53. The maximum atomic E-state index is 12.8. The van der Waals surface area contributed by atoms with E-state index in [2.05, 4.69) is 21.2 Å². The molecule has 0 bridgehead atoms. The summed E-state index contributed by atoms with van der Waals surface area (Å²) in [4.78, 5) is 26.4. The number of carbonyl (C=O) groups is 2. The second-order valence-electron chi connectivity index (χ2n) is 6.26. The van der Waals surface area contributed by atoms with Crippen LogP contribution in [-0.4, -0.2) is 36.4 Å². The minimum atomic E-state index is -0.679. The Morgan fingerprint density at radius 2 is 1.89 bits per heavy atom. The van der Waals surface area contributed by atoms with Crippen LogP contribution in [0.2, 0.25) is 10.0 Å². The van der Waals surface area contributed by atoms with Crippen molar-refractivity contribution in [3.05, 3.63) is 62.0 Å². The van der Waals surface area contributed by atoms with E-state index in [9.17, 15) is 9.59 Å². The summed E-state index contributed by atoms with van der Waals surface area (Å²) in [6.45, 7) is 3.61. The van der Waals surface area contributed by atoms with E-state index < -0.39 is 6.04 Å². The predicted molar refractivity (Wildman–Crippen MR) is 115 cm³/mol. The van der Waals surface area contributed by atoms with Gasteiger partial charge in [0.1, 0.15) is 11.8 Å². The molecule has 0 spiro atoms. The van der Waals surface area contributed by atoms with Crippen LogP contribution in [0, 0.1) is 6.92 Å². The number of nitrogens with zero attached hydrogens (tertiary/aromatic N) is 1. The van der Waals surface area contributed by atoms with Crippen molar-refractivity contribution in [3.63, 3.8) is 0 Å². The van der Waals surface area contributed by atoms with Crippen LogP contribution in [0.1, 0.15) is 18.1 Å². The molecule has 150 valence electrons. The van der Waals surface area contributed by atoms with Crippen molar-refractivity contribution in [3.8, 4) is 5.75 Å². The number of hydrogen-bond donors (Lipinski definition) is 1. The number of aryl methyl sites for hydroxylation is 1. The minimum absolute atomic E-state index is 0.191. The van der Waals surface area contributed by atoms with E-state index in [1.807, 2.05) is 19.1 Å². The fourth-order valence-corrected chi connectivity index (χ4v) is 3.13. The van der Waals surface area contributed by atoms with Gasteiger partial charge < -0.3 is 15.0 Å². The van der Waals surface area contributed by atoms with Gasteiger partial charge in [-0.05, 0) is 55.3 Å². The molecular formula is C20H21BrCl2N2O3. The van der Waals surface area contributed by atoms with E-state index in [4.69, 9.17) is 27.9 Å². The first-order valence-corrected chi connectivity index (χ1v) is 10.1. The standard InChI is InChI=1S/C20H21BrCl2N2O3/c1-12-8-15(5-6-16(12)21)28-11-19(26)25(13(2)20(27)24-3)10-14-4-7-17(22)18(23)9-14/h4-9,13H,10-11H2,1-3H3,(H,24,27). The maximum absolute atomic E-state index is 12.8. The molecule has 0 aliphatic carbocycles. The lowest BCUT2D eigenvalue weighted by Gasteiger charge is -2.28. The number of hydrogen-bond acceptors (Lipinski definition) is 3. The molecule has 1 atom stereocenters. The number of ether oxygens (including phenoxy) is 1. The van der Waals surface area contributed by atoms with Gasteiger partial charge in [-0.25, -0.2) is 0 Å². The first-order valence-electron chi connectivity index (χ1n) is 8.57. The summed E-state index contributed by atoms with van der Waals surface area (Å²) >= 11 is 15.5. The Bertz CT molecular complexity index is 877. The molecule has 8 heteroatoms. The third kappa shape index (κ3) is 5.87. The Hall–Kier alpha value is -1.76. The molecule has 0 aliphatic heterocycles. The number of halogens is 3. The quantitative estimate of drug-likeness (QED) is 0.620. The van der Waals surface area contributed by atoms with Gasteiger partial charge in [0.05, 0.1) is 10.0 Å². The Balaban J connectivity index is 2.16. The highest BCUT2D eigenvalue weighted by molar-refractivity contribution is 9.10. The van der Waals surface area contributed by atoms with Crippen molar-refractivity contribution < 1.29 is 14.3 Å². The molecule has 1 N–H and O–H groups in total. The highest BCUT2D eigenvalue weighted by Crippen LogP contribution is 2.24. The number of carbonyl (C=O) groups excluding carboxylic acids is 2. The van der Waals surface area contributed by atoms with Gasteiger partial charge >= 0.3 is 0 Å². The molecule has 0 aliphatic rings. The van der Waals surface area contributed by atoms with Gasteiger partial charge in [-0.3, -0.25) is 9.59 Å². The lowest BCUT2D eigenvalue weighted by molar-refractivity contribution is -0.142. The van der Waals surface area contributed by atoms with Crippen molar-refractivity contribution in [2.24, 2.45) is 0 Å². The second-order valence-corrected chi connectivity index (χ2v) is 7.93. The third-order valence-corrected chi connectivity index (χ3v) is 5.87. The molecule has 2 amide bonds. The summed E-state index contributed by atoms with van der Waals surface area (Å²) in [5.74, 6) is -0.00762. The molecule has 0 fully saturated rings. The third-order valence-electron chi connectivity index (χ3n) is 4.24. The predicted octanol–water partition coefficient (Wildman–Crippen LogP) is 4.61. The Morgan fingerprint density at radius 3 is 2.50 bits per heavy atom. The van der Waals surface area contributed by atoms with E-state index in [0.29, 0.717) is 15.8 Å². The highest BCUT2D eigenvalue weighted by atomic mass is 79.9. The van der Waals surface area contributed by atoms with Crippen LogP contribution >= 0.6 is 39.1 Å². The van der Waals surface area contributed by atoms with Gasteiger partial charge in [-0.2, -0.15) is 0 Å². The molecule has 0 aromatic heterocycles. The maximum Gasteiger partial charge on any atom is 0.261 e. The average molecular weight is 488 g/mol. The topological polar surface area (TPSA) is 58.6 Å². The smallest absolute Gasteiger partial charge is 0.261 e. The molecule has 2 rings (SSSR count). The zero-order chi connectivity index (χ0) is 20.8. The van der Waals surface area contributed by atoms with E-state index in [1.165, 1.54) is 11.9 Å². The van der Waals surface area contributed by atoms with Gasteiger partial charge in [-0.15, -0.1) is 0 Å². The van der Waals surface area contributed by atoms with Crippen molar-refractivity contribution >= 4 is 50.9 Å². The van der Waals surface area contributed by atoms with Crippen LogP contribution in [0.3, 0.4) is 0 Å².